The molecule has 0 saturated carbocycles. The first-order chi connectivity index (χ1) is 13.8. The van der Waals surface area contributed by atoms with E-state index in [1.54, 1.807) is 36.4 Å². The van der Waals surface area contributed by atoms with Gasteiger partial charge in [0.15, 0.2) is 5.11 Å². The Morgan fingerprint density at radius 2 is 1.79 bits per heavy atom. The van der Waals surface area contributed by atoms with Crippen molar-refractivity contribution in [1.82, 2.24) is 10.6 Å². The van der Waals surface area contributed by atoms with Crippen LogP contribution >= 0.6 is 28.1 Å². The van der Waals surface area contributed by atoms with Gasteiger partial charge in [-0.25, -0.2) is 0 Å². The lowest BCUT2D eigenvalue weighted by Crippen LogP contribution is -2.34. The molecular formula is C21H24BrN3O3S. The molecule has 0 fully saturated rings. The second kappa shape index (κ2) is 10.9. The molecule has 0 saturated heterocycles. The van der Waals surface area contributed by atoms with Gasteiger partial charge >= 0.3 is 0 Å². The number of anilines is 1. The summed E-state index contributed by atoms with van der Waals surface area (Å²) in [6.07, 6.45) is 0.836. The molecule has 0 aliphatic heterocycles. The number of carbonyl (C=O) groups excluding carboxylic acids is 2. The van der Waals surface area contributed by atoms with Crippen molar-refractivity contribution in [2.24, 2.45) is 0 Å². The van der Waals surface area contributed by atoms with Crippen LogP contribution in [0.2, 0.25) is 0 Å². The number of benzene rings is 2. The summed E-state index contributed by atoms with van der Waals surface area (Å²) in [6.45, 7) is 6.31. The summed E-state index contributed by atoms with van der Waals surface area (Å²) >= 11 is 8.61. The van der Waals surface area contributed by atoms with Crippen molar-refractivity contribution >= 4 is 50.8 Å². The first kappa shape index (κ1) is 22.8. The SMILES string of the molecule is CCCOc1ccc(Br)cc1C(=O)NC(=S)Nc1ccc(C(=O)NC(C)C)cc1. The summed E-state index contributed by atoms with van der Waals surface area (Å²) in [4.78, 5) is 24.6. The Kier molecular flexibility index (Phi) is 8.60. The Labute approximate surface area is 184 Å². The van der Waals surface area contributed by atoms with E-state index in [0.29, 0.717) is 29.2 Å². The first-order valence-electron chi connectivity index (χ1n) is 9.25. The van der Waals surface area contributed by atoms with Crippen LogP contribution in [0.15, 0.2) is 46.9 Å². The van der Waals surface area contributed by atoms with Gasteiger partial charge in [0.2, 0.25) is 0 Å². The summed E-state index contributed by atoms with van der Waals surface area (Å²) in [5.74, 6) is -0.0182. The van der Waals surface area contributed by atoms with Gasteiger partial charge in [0.05, 0.1) is 12.2 Å². The van der Waals surface area contributed by atoms with Gasteiger partial charge in [-0.05, 0) is 75.0 Å². The number of carbonyl (C=O) groups is 2. The lowest BCUT2D eigenvalue weighted by Gasteiger charge is -2.13. The summed E-state index contributed by atoms with van der Waals surface area (Å²) in [5.41, 5.74) is 1.59. The summed E-state index contributed by atoms with van der Waals surface area (Å²) < 4.78 is 6.41. The third kappa shape index (κ3) is 7.14. The van der Waals surface area contributed by atoms with Crippen LogP contribution < -0.4 is 20.7 Å². The predicted octanol–water partition coefficient (Wildman–Crippen LogP) is 4.50. The van der Waals surface area contributed by atoms with Gasteiger partial charge in [-0.15, -0.1) is 0 Å². The maximum atomic E-state index is 12.6. The zero-order valence-electron chi connectivity index (χ0n) is 16.5. The second-order valence-corrected chi connectivity index (χ2v) is 7.93. The van der Waals surface area contributed by atoms with Crippen LogP contribution in [0.4, 0.5) is 5.69 Å². The van der Waals surface area contributed by atoms with Gasteiger partial charge in [0, 0.05) is 21.8 Å². The van der Waals surface area contributed by atoms with E-state index in [1.807, 2.05) is 26.8 Å². The fourth-order valence-corrected chi connectivity index (χ4v) is 2.97. The Bertz CT molecular complexity index is 885. The van der Waals surface area contributed by atoms with Gasteiger partial charge in [-0.2, -0.15) is 0 Å². The highest BCUT2D eigenvalue weighted by molar-refractivity contribution is 9.10. The Morgan fingerprint density at radius 1 is 1.10 bits per heavy atom. The quantitative estimate of drug-likeness (QED) is 0.511. The topological polar surface area (TPSA) is 79.5 Å². The number of amides is 2. The van der Waals surface area contributed by atoms with Crippen molar-refractivity contribution in [3.05, 3.63) is 58.1 Å². The van der Waals surface area contributed by atoms with E-state index in [9.17, 15) is 9.59 Å². The largest absolute Gasteiger partial charge is 0.493 e. The van der Waals surface area contributed by atoms with E-state index in [1.165, 1.54) is 0 Å². The Hall–Kier alpha value is -2.45. The molecule has 0 aliphatic rings. The highest BCUT2D eigenvalue weighted by atomic mass is 79.9. The van der Waals surface area contributed by atoms with Gasteiger partial charge in [0.25, 0.3) is 11.8 Å². The number of hydrogen-bond donors (Lipinski definition) is 3. The molecule has 6 nitrogen and oxygen atoms in total. The molecule has 0 aliphatic carbocycles. The van der Waals surface area contributed by atoms with E-state index >= 15 is 0 Å². The fraction of sp³-hybridized carbons (Fsp3) is 0.286. The second-order valence-electron chi connectivity index (χ2n) is 6.60. The highest BCUT2D eigenvalue weighted by Gasteiger charge is 2.15. The Balaban J connectivity index is 2.01. The van der Waals surface area contributed by atoms with Crippen LogP contribution in [0.5, 0.6) is 5.75 Å². The molecular weight excluding hydrogens is 454 g/mol. The average Bonchev–Trinajstić information content (AvgIpc) is 2.66. The molecule has 0 spiro atoms. The number of thiocarbonyl (C=S) groups is 1. The smallest absolute Gasteiger partial charge is 0.261 e. The van der Waals surface area contributed by atoms with Crippen molar-refractivity contribution in [3.8, 4) is 5.75 Å². The molecule has 0 heterocycles. The van der Waals surface area contributed by atoms with Crippen molar-refractivity contribution in [2.45, 2.75) is 33.2 Å². The molecule has 8 heteroatoms. The zero-order valence-corrected chi connectivity index (χ0v) is 18.9. The molecule has 154 valence electrons. The number of hydrogen-bond acceptors (Lipinski definition) is 4. The van der Waals surface area contributed by atoms with Crippen LogP contribution in [0, 0.1) is 0 Å². The number of nitrogens with one attached hydrogen (secondary N) is 3. The number of ether oxygens (including phenoxy) is 1. The van der Waals surface area contributed by atoms with Crippen LogP contribution in [0.25, 0.3) is 0 Å². The van der Waals surface area contributed by atoms with Gasteiger partial charge in [-0.1, -0.05) is 22.9 Å². The van der Waals surface area contributed by atoms with Gasteiger partial charge in [-0.3, -0.25) is 14.9 Å². The molecule has 0 atom stereocenters. The minimum atomic E-state index is -0.372. The fourth-order valence-electron chi connectivity index (χ4n) is 2.40. The third-order valence-corrected chi connectivity index (χ3v) is 4.40. The van der Waals surface area contributed by atoms with E-state index in [-0.39, 0.29) is 23.0 Å². The monoisotopic (exact) mass is 477 g/mol. The lowest BCUT2D eigenvalue weighted by molar-refractivity contribution is 0.0941. The van der Waals surface area contributed by atoms with Crippen molar-refractivity contribution < 1.29 is 14.3 Å². The van der Waals surface area contributed by atoms with Crippen molar-refractivity contribution in [2.75, 3.05) is 11.9 Å². The highest BCUT2D eigenvalue weighted by Crippen LogP contribution is 2.23. The normalized spacial score (nSPS) is 10.4. The van der Waals surface area contributed by atoms with Crippen LogP contribution in [0.3, 0.4) is 0 Å². The van der Waals surface area contributed by atoms with Crippen LogP contribution in [0.1, 0.15) is 47.9 Å². The predicted molar refractivity (Wildman–Crippen MR) is 123 cm³/mol. The number of rotatable bonds is 7. The lowest BCUT2D eigenvalue weighted by atomic mass is 10.2. The standard InChI is InChI=1S/C21H24BrN3O3S/c1-4-11-28-18-10-7-15(22)12-17(18)20(27)25-21(29)24-16-8-5-14(6-9-16)19(26)23-13(2)3/h5-10,12-13H,4,11H2,1-3H3,(H,23,26)(H2,24,25,27,29). The molecule has 3 N–H and O–H groups in total. The molecule has 0 unspecified atom stereocenters. The van der Waals surface area contributed by atoms with Crippen molar-refractivity contribution in [3.63, 3.8) is 0 Å². The molecule has 0 aromatic heterocycles. The third-order valence-electron chi connectivity index (χ3n) is 3.70. The number of halogens is 1. The summed E-state index contributed by atoms with van der Waals surface area (Å²) in [5, 5.41) is 8.57. The maximum Gasteiger partial charge on any atom is 0.261 e. The minimum Gasteiger partial charge on any atom is -0.493 e. The van der Waals surface area contributed by atoms with E-state index in [0.717, 1.165) is 10.9 Å². The molecule has 2 amide bonds. The van der Waals surface area contributed by atoms with E-state index in [4.69, 9.17) is 17.0 Å². The molecule has 2 aromatic carbocycles. The van der Waals surface area contributed by atoms with E-state index < -0.39 is 0 Å². The molecule has 0 bridgehead atoms. The zero-order chi connectivity index (χ0) is 21.4. The summed E-state index contributed by atoms with van der Waals surface area (Å²) in [7, 11) is 0. The minimum absolute atomic E-state index is 0.0623. The summed E-state index contributed by atoms with van der Waals surface area (Å²) in [6, 6.07) is 12.1. The molecule has 2 aromatic rings. The molecule has 29 heavy (non-hydrogen) atoms. The van der Waals surface area contributed by atoms with Crippen LogP contribution in [-0.4, -0.2) is 29.6 Å². The molecule has 2 rings (SSSR count). The van der Waals surface area contributed by atoms with Crippen LogP contribution in [-0.2, 0) is 0 Å². The van der Waals surface area contributed by atoms with Gasteiger partial charge < -0.3 is 15.4 Å². The van der Waals surface area contributed by atoms with Crippen molar-refractivity contribution in [1.29, 1.82) is 0 Å². The van der Waals surface area contributed by atoms with Gasteiger partial charge in [0.1, 0.15) is 5.75 Å². The van der Waals surface area contributed by atoms with E-state index in [2.05, 4.69) is 31.9 Å². The molecule has 0 radical (unpaired) electrons. The first-order valence-corrected chi connectivity index (χ1v) is 10.5. The Morgan fingerprint density at radius 3 is 2.41 bits per heavy atom. The average molecular weight is 478 g/mol. The maximum absolute atomic E-state index is 12.6.